The van der Waals surface area contributed by atoms with Gasteiger partial charge in [0.2, 0.25) is 0 Å². The van der Waals surface area contributed by atoms with E-state index in [1.165, 1.54) is 0 Å². The van der Waals surface area contributed by atoms with Crippen LogP contribution in [0.25, 0.3) is 0 Å². The van der Waals surface area contributed by atoms with Gasteiger partial charge in [0.25, 0.3) is 0 Å². The molecule has 1 aliphatic heterocycles. The van der Waals surface area contributed by atoms with E-state index in [0.717, 1.165) is 0 Å². The molecule has 0 unspecified atom stereocenters. The molecule has 0 saturated carbocycles. The van der Waals surface area contributed by atoms with Crippen LogP contribution in [0.4, 0.5) is 10.5 Å². The van der Waals surface area contributed by atoms with Crippen LogP contribution in [0.5, 0.6) is 0 Å². The summed E-state index contributed by atoms with van der Waals surface area (Å²) in [4.78, 5) is 24.8. The number of Topliss-reactive ketones (excluding diaryl/α,β-unsaturated/α-hetero) is 1. The van der Waals surface area contributed by atoms with Gasteiger partial charge in [-0.1, -0.05) is 11.6 Å². The molecule has 2 rings (SSSR count). The first-order chi connectivity index (χ1) is 7.63. The van der Waals surface area contributed by atoms with Crippen molar-refractivity contribution in [2.75, 3.05) is 18.5 Å². The minimum absolute atomic E-state index is 0.0256. The Hall–Kier alpha value is -1.55. The van der Waals surface area contributed by atoms with Crippen molar-refractivity contribution in [3.05, 3.63) is 28.8 Å². The standard InChI is InChI=1S/C11H11ClN2O2/c1-13-11(16)14-5-4-10(15)8-6-7(12)2-3-9(8)14/h2-3,6H,4-5H2,1H3,(H,13,16). The second kappa shape index (κ2) is 4.14. The van der Waals surface area contributed by atoms with E-state index in [9.17, 15) is 9.59 Å². The number of hydrogen-bond acceptors (Lipinski definition) is 2. The van der Waals surface area contributed by atoms with E-state index in [2.05, 4.69) is 5.32 Å². The molecule has 84 valence electrons. The van der Waals surface area contributed by atoms with Crippen molar-refractivity contribution < 1.29 is 9.59 Å². The first kappa shape index (κ1) is 11.0. The summed E-state index contributed by atoms with van der Waals surface area (Å²) < 4.78 is 0. The molecule has 0 saturated heterocycles. The maximum Gasteiger partial charge on any atom is 0.321 e. The fourth-order valence-electron chi connectivity index (χ4n) is 1.78. The molecule has 0 radical (unpaired) electrons. The van der Waals surface area contributed by atoms with E-state index in [0.29, 0.717) is 29.2 Å². The van der Waals surface area contributed by atoms with Crippen molar-refractivity contribution in [1.82, 2.24) is 5.32 Å². The van der Waals surface area contributed by atoms with Crippen molar-refractivity contribution in [2.45, 2.75) is 6.42 Å². The van der Waals surface area contributed by atoms with E-state index >= 15 is 0 Å². The smallest absolute Gasteiger partial charge is 0.321 e. The molecule has 4 nitrogen and oxygen atoms in total. The number of fused-ring (bicyclic) bond motifs is 1. The van der Waals surface area contributed by atoms with Crippen LogP contribution in [0, 0.1) is 0 Å². The Balaban J connectivity index is 2.48. The summed E-state index contributed by atoms with van der Waals surface area (Å²) in [5.74, 6) is 0.0256. The highest BCUT2D eigenvalue weighted by atomic mass is 35.5. The van der Waals surface area contributed by atoms with Crippen LogP contribution in [-0.2, 0) is 0 Å². The molecular weight excluding hydrogens is 228 g/mol. The molecule has 0 spiro atoms. The third kappa shape index (κ3) is 1.76. The zero-order valence-corrected chi connectivity index (χ0v) is 9.54. The van der Waals surface area contributed by atoms with Crippen molar-refractivity contribution in [3.8, 4) is 0 Å². The first-order valence-corrected chi connectivity index (χ1v) is 5.33. The second-order valence-corrected chi connectivity index (χ2v) is 3.98. The van der Waals surface area contributed by atoms with Crippen LogP contribution in [0.2, 0.25) is 5.02 Å². The van der Waals surface area contributed by atoms with Crippen LogP contribution >= 0.6 is 11.6 Å². The zero-order valence-electron chi connectivity index (χ0n) is 8.79. The molecule has 0 atom stereocenters. The quantitative estimate of drug-likeness (QED) is 0.752. The molecule has 0 aliphatic carbocycles. The lowest BCUT2D eigenvalue weighted by Crippen LogP contribution is -2.42. The zero-order chi connectivity index (χ0) is 11.7. The minimum atomic E-state index is -0.212. The molecule has 2 amide bonds. The van der Waals surface area contributed by atoms with E-state index in [4.69, 9.17) is 11.6 Å². The second-order valence-electron chi connectivity index (χ2n) is 3.54. The topological polar surface area (TPSA) is 49.4 Å². The van der Waals surface area contributed by atoms with E-state index in [-0.39, 0.29) is 11.8 Å². The minimum Gasteiger partial charge on any atom is -0.341 e. The van der Waals surface area contributed by atoms with Crippen LogP contribution in [0.1, 0.15) is 16.8 Å². The number of amides is 2. The van der Waals surface area contributed by atoms with Crippen molar-refractivity contribution in [1.29, 1.82) is 0 Å². The number of carbonyl (C=O) groups is 2. The Morgan fingerprint density at radius 2 is 2.25 bits per heavy atom. The lowest BCUT2D eigenvalue weighted by molar-refractivity contribution is 0.0981. The number of halogens is 1. The largest absolute Gasteiger partial charge is 0.341 e. The fraction of sp³-hybridized carbons (Fsp3) is 0.273. The van der Waals surface area contributed by atoms with Crippen molar-refractivity contribution in [3.63, 3.8) is 0 Å². The molecule has 16 heavy (non-hydrogen) atoms. The molecule has 1 aromatic carbocycles. The van der Waals surface area contributed by atoms with E-state index < -0.39 is 0 Å². The fourth-order valence-corrected chi connectivity index (χ4v) is 1.95. The lowest BCUT2D eigenvalue weighted by Gasteiger charge is -2.28. The molecule has 0 aromatic heterocycles. The summed E-state index contributed by atoms with van der Waals surface area (Å²) in [7, 11) is 1.56. The molecular formula is C11H11ClN2O2. The lowest BCUT2D eigenvalue weighted by atomic mass is 10.0. The van der Waals surface area contributed by atoms with Gasteiger partial charge in [-0.3, -0.25) is 9.69 Å². The summed E-state index contributed by atoms with van der Waals surface area (Å²) in [6.45, 7) is 0.410. The van der Waals surface area contributed by atoms with Gasteiger partial charge in [-0.15, -0.1) is 0 Å². The number of nitrogens with zero attached hydrogens (tertiary/aromatic N) is 1. The van der Waals surface area contributed by atoms with Gasteiger partial charge in [0.05, 0.1) is 5.69 Å². The first-order valence-electron chi connectivity index (χ1n) is 4.95. The Morgan fingerprint density at radius 3 is 2.94 bits per heavy atom. The monoisotopic (exact) mass is 238 g/mol. The van der Waals surface area contributed by atoms with Crippen LogP contribution in [0.3, 0.4) is 0 Å². The molecule has 1 heterocycles. The van der Waals surface area contributed by atoms with Crippen LogP contribution in [-0.4, -0.2) is 25.4 Å². The van der Waals surface area contributed by atoms with E-state index in [1.807, 2.05) is 0 Å². The summed E-state index contributed by atoms with van der Waals surface area (Å²) >= 11 is 5.83. The molecule has 0 fully saturated rings. The molecule has 1 aliphatic rings. The Labute approximate surface area is 98.2 Å². The Morgan fingerprint density at radius 1 is 1.50 bits per heavy atom. The highest BCUT2D eigenvalue weighted by Crippen LogP contribution is 2.29. The molecule has 5 heteroatoms. The van der Waals surface area contributed by atoms with Gasteiger partial charge in [-0.25, -0.2) is 4.79 Å². The number of benzene rings is 1. The van der Waals surface area contributed by atoms with Gasteiger partial charge in [0.15, 0.2) is 5.78 Å². The summed E-state index contributed by atoms with van der Waals surface area (Å²) in [6.07, 6.45) is 0.334. The van der Waals surface area contributed by atoms with Gasteiger partial charge in [-0.2, -0.15) is 0 Å². The van der Waals surface area contributed by atoms with Gasteiger partial charge < -0.3 is 5.32 Å². The average Bonchev–Trinajstić information content (AvgIpc) is 2.29. The van der Waals surface area contributed by atoms with Gasteiger partial charge in [0, 0.05) is 30.6 Å². The molecule has 1 aromatic rings. The van der Waals surface area contributed by atoms with Gasteiger partial charge in [0.1, 0.15) is 0 Å². The number of rotatable bonds is 0. The number of urea groups is 1. The summed E-state index contributed by atoms with van der Waals surface area (Å²) in [5, 5.41) is 3.05. The van der Waals surface area contributed by atoms with E-state index in [1.54, 1.807) is 30.1 Å². The number of nitrogens with one attached hydrogen (secondary N) is 1. The third-order valence-corrected chi connectivity index (χ3v) is 2.81. The Bertz CT molecular complexity index is 459. The normalized spacial score (nSPS) is 14.6. The predicted octanol–water partition coefficient (Wildman–Crippen LogP) is 2.07. The van der Waals surface area contributed by atoms with Crippen molar-refractivity contribution in [2.24, 2.45) is 0 Å². The molecule has 1 N–H and O–H groups in total. The Kier molecular flexibility index (Phi) is 2.83. The van der Waals surface area contributed by atoms with Crippen LogP contribution in [0.15, 0.2) is 18.2 Å². The maximum absolute atomic E-state index is 11.7. The van der Waals surface area contributed by atoms with Crippen LogP contribution < -0.4 is 10.2 Å². The van der Waals surface area contributed by atoms with Gasteiger partial charge in [-0.05, 0) is 18.2 Å². The number of anilines is 1. The molecule has 0 bridgehead atoms. The maximum atomic E-state index is 11.7. The number of hydrogen-bond donors (Lipinski definition) is 1. The summed E-state index contributed by atoms with van der Waals surface area (Å²) in [6, 6.07) is 4.77. The average molecular weight is 239 g/mol. The number of carbonyl (C=O) groups excluding carboxylic acids is 2. The number of ketones is 1. The van der Waals surface area contributed by atoms with Crippen molar-refractivity contribution >= 4 is 29.1 Å². The third-order valence-electron chi connectivity index (χ3n) is 2.57. The predicted molar refractivity (Wildman–Crippen MR) is 62.2 cm³/mol. The summed E-state index contributed by atoms with van der Waals surface area (Å²) in [5.41, 5.74) is 1.14. The highest BCUT2D eigenvalue weighted by Gasteiger charge is 2.26. The highest BCUT2D eigenvalue weighted by molar-refractivity contribution is 6.31. The SMILES string of the molecule is CNC(=O)N1CCC(=O)c2cc(Cl)ccc21. The van der Waals surface area contributed by atoms with Gasteiger partial charge >= 0.3 is 6.03 Å².